The minimum Gasteiger partial charge on any atom is -0.355 e. The lowest BCUT2D eigenvalue weighted by molar-refractivity contribution is 0.101. The van der Waals surface area contributed by atoms with Crippen molar-refractivity contribution in [3.05, 3.63) is 71.9 Å². The van der Waals surface area contributed by atoms with E-state index in [0.717, 1.165) is 32.2 Å². The van der Waals surface area contributed by atoms with Crippen molar-refractivity contribution in [3.63, 3.8) is 0 Å². The molecule has 6 nitrogen and oxygen atoms in total. The van der Waals surface area contributed by atoms with Crippen LogP contribution in [0.2, 0.25) is 0 Å². The van der Waals surface area contributed by atoms with Gasteiger partial charge in [-0.3, -0.25) is 4.79 Å². The van der Waals surface area contributed by atoms with Gasteiger partial charge in [-0.25, -0.2) is 9.97 Å². The Labute approximate surface area is 159 Å². The average Bonchev–Trinajstić information content (AvgIpc) is 3.32. The summed E-state index contributed by atoms with van der Waals surface area (Å²) in [4.78, 5) is 22.5. The van der Waals surface area contributed by atoms with E-state index >= 15 is 0 Å². The SMILES string of the molecule is Cc1cnc(C(=O)Nc2ccc(-c3sc(-c4ccno4)cc3C)cc2)nc1. The van der Waals surface area contributed by atoms with Crippen molar-refractivity contribution in [2.24, 2.45) is 0 Å². The van der Waals surface area contributed by atoms with E-state index in [1.54, 1.807) is 29.9 Å². The maximum atomic E-state index is 12.2. The van der Waals surface area contributed by atoms with Gasteiger partial charge in [0.25, 0.3) is 5.91 Å². The molecule has 0 aliphatic rings. The lowest BCUT2D eigenvalue weighted by Gasteiger charge is -2.06. The molecule has 0 saturated heterocycles. The summed E-state index contributed by atoms with van der Waals surface area (Å²) in [5.74, 6) is 0.578. The summed E-state index contributed by atoms with van der Waals surface area (Å²) >= 11 is 1.65. The molecule has 0 radical (unpaired) electrons. The molecule has 0 spiro atoms. The molecule has 3 aromatic heterocycles. The Hall–Kier alpha value is -3.32. The molecule has 0 saturated carbocycles. The van der Waals surface area contributed by atoms with Crippen LogP contribution in [0, 0.1) is 13.8 Å². The zero-order valence-electron chi connectivity index (χ0n) is 14.8. The van der Waals surface area contributed by atoms with Crippen LogP contribution in [0.3, 0.4) is 0 Å². The zero-order chi connectivity index (χ0) is 18.8. The Balaban J connectivity index is 1.52. The first-order valence-corrected chi connectivity index (χ1v) is 9.14. The molecule has 7 heteroatoms. The largest absolute Gasteiger partial charge is 0.355 e. The average molecular weight is 376 g/mol. The smallest absolute Gasteiger partial charge is 0.293 e. The van der Waals surface area contributed by atoms with E-state index in [2.05, 4.69) is 33.4 Å². The standard InChI is InChI=1S/C20H16N4O2S/c1-12-10-21-19(22-11-12)20(25)24-15-5-3-14(4-6-15)18-13(2)9-17(27-18)16-7-8-23-26-16/h3-11H,1-2H3,(H,24,25). The molecule has 3 heterocycles. The van der Waals surface area contributed by atoms with Crippen LogP contribution in [0.15, 0.2) is 59.5 Å². The van der Waals surface area contributed by atoms with Crippen LogP contribution in [0.4, 0.5) is 5.69 Å². The number of benzene rings is 1. The maximum absolute atomic E-state index is 12.2. The monoisotopic (exact) mass is 376 g/mol. The molecule has 1 aromatic carbocycles. The highest BCUT2D eigenvalue weighted by atomic mass is 32.1. The van der Waals surface area contributed by atoms with Crippen molar-refractivity contribution < 1.29 is 9.32 Å². The first-order chi connectivity index (χ1) is 13.1. The predicted octanol–water partition coefficient (Wildman–Crippen LogP) is 4.73. The Bertz CT molecular complexity index is 1070. The molecule has 0 unspecified atom stereocenters. The van der Waals surface area contributed by atoms with Gasteiger partial charge >= 0.3 is 0 Å². The third kappa shape index (κ3) is 3.63. The minimum atomic E-state index is -0.331. The van der Waals surface area contributed by atoms with E-state index < -0.39 is 0 Å². The van der Waals surface area contributed by atoms with Gasteiger partial charge in [-0.2, -0.15) is 0 Å². The summed E-state index contributed by atoms with van der Waals surface area (Å²) in [5.41, 5.74) is 3.84. The van der Waals surface area contributed by atoms with Crippen LogP contribution in [-0.2, 0) is 0 Å². The molecule has 0 fully saturated rings. The second-order valence-corrected chi connectivity index (χ2v) is 7.17. The number of aromatic nitrogens is 3. The summed E-state index contributed by atoms with van der Waals surface area (Å²) in [5, 5.41) is 6.58. The number of carbonyl (C=O) groups is 1. The predicted molar refractivity (Wildman–Crippen MR) is 105 cm³/mol. The second kappa shape index (κ2) is 7.13. The minimum absolute atomic E-state index is 0.149. The van der Waals surface area contributed by atoms with Crippen LogP contribution < -0.4 is 5.32 Å². The van der Waals surface area contributed by atoms with Crippen LogP contribution >= 0.6 is 11.3 Å². The number of hydrogen-bond acceptors (Lipinski definition) is 6. The van der Waals surface area contributed by atoms with Crippen molar-refractivity contribution in [1.29, 1.82) is 0 Å². The van der Waals surface area contributed by atoms with Crippen molar-refractivity contribution in [2.75, 3.05) is 5.32 Å². The van der Waals surface area contributed by atoms with Gasteiger partial charge in [0.1, 0.15) is 0 Å². The summed E-state index contributed by atoms with van der Waals surface area (Å²) < 4.78 is 5.24. The molecule has 1 amide bonds. The molecule has 4 rings (SSSR count). The molecule has 0 aliphatic heterocycles. The Morgan fingerprint density at radius 2 is 1.81 bits per heavy atom. The quantitative estimate of drug-likeness (QED) is 0.557. The fourth-order valence-corrected chi connectivity index (χ4v) is 3.77. The highest BCUT2D eigenvalue weighted by Crippen LogP contribution is 2.38. The maximum Gasteiger partial charge on any atom is 0.293 e. The molecular formula is C20H16N4O2S. The summed E-state index contributed by atoms with van der Waals surface area (Å²) in [7, 11) is 0. The van der Waals surface area contributed by atoms with Gasteiger partial charge in [0.05, 0.1) is 11.1 Å². The third-order valence-corrected chi connectivity index (χ3v) is 5.29. The Morgan fingerprint density at radius 3 is 2.48 bits per heavy atom. The Morgan fingerprint density at radius 1 is 1.07 bits per heavy atom. The molecule has 27 heavy (non-hydrogen) atoms. The van der Waals surface area contributed by atoms with Gasteiger partial charge in [-0.05, 0) is 48.7 Å². The number of anilines is 1. The van der Waals surface area contributed by atoms with E-state index in [9.17, 15) is 4.79 Å². The van der Waals surface area contributed by atoms with Crippen molar-refractivity contribution in [3.8, 4) is 21.1 Å². The molecule has 0 bridgehead atoms. The molecule has 0 aliphatic carbocycles. The first kappa shape index (κ1) is 17.1. The van der Waals surface area contributed by atoms with Gasteiger partial charge in [0, 0.05) is 29.0 Å². The van der Waals surface area contributed by atoms with Crippen molar-refractivity contribution in [2.45, 2.75) is 13.8 Å². The molecule has 4 aromatic rings. The first-order valence-electron chi connectivity index (χ1n) is 8.32. The van der Waals surface area contributed by atoms with Gasteiger partial charge < -0.3 is 9.84 Å². The normalized spacial score (nSPS) is 10.7. The summed E-state index contributed by atoms with van der Waals surface area (Å²) in [6.45, 7) is 3.94. The number of thiophene rings is 1. The van der Waals surface area contributed by atoms with Crippen LogP contribution in [0.5, 0.6) is 0 Å². The van der Waals surface area contributed by atoms with Crippen LogP contribution in [-0.4, -0.2) is 21.0 Å². The zero-order valence-corrected chi connectivity index (χ0v) is 15.6. The lowest BCUT2D eigenvalue weighted by Crippen LogP contribution is -2.15. The number of rotatable bonds is 4. The number of hydrogen-bond donors (Lipinski definition) is 1. The highest BCUT2D eigenvalue weighted by Gasteiger charge is 2.13. The van der Waals surface area contributed by atoms with E-state index in [1.165, 1.54) is 0 Å². The highest BCUT2D eigenvalue weighted by molar-refractivity contribution is 7.19. The number of nitrogens with zero attached hydrogens (tertiary/aromatic N) is 3. The van der Waals surface area contributed by atoms with E-state index in [1.807, 2.05) is 37.3 Å². The van der Waals surface area contributed by atoms with Crippen molar-refractivity contribution in [1.82, 2.24) is 15.1 Å². The van der Waals surface area contributed by atoms with Crippen LogP contribution in [0.1, 0.15) is 21.7 Å². The van der Waals surface area contributed by atoms with Gasteiger partial charge in [0.15, 0.2) is 5.76 Å². The lowest BCUT2D eigenvalue weighted by atomic mass is 10.1. The molecule has 1 N–H and O–H groups in total. The van der Waals surface area contributed by atoms with Gasteiger partial charge in [0.2, 0.25) is 5.82 Å². The second-order valence-electron chi connectivity index (χ2n) is 6.11. The topological polar surface area (TPSA) is 80.9 Å². The summed E-state index contributed by atoms with van der Waals surface area (Å²) in [6.07, 6.45) is 4.88. The molecular weight excluding hydrogens is 360 g/mol. The number of carbonyl (C=O) groups excluding carboxylic acids is 1. The van der Waals surface area contributed by atoms with Gasteiger partial charge in [-0.1, -0.05) is 17.3 Å². The fraction of sp³-hybridized carbons (Fsp3) is 0.100. The summed E-state index contributed by atoms with van der Waals surface area (Å²) in [6, 6.07) is 11.6. The van der Waals surface area contributed by atoms with Crippen LogP contribution in [0.25, 0.3) is 21.1 Å². The fourth-order valence-electron chi connectivity index (χ4n) is 2.63. The Kier molecular flexibility index (Phi) is 4.52. The van der Waals surface area contributed by atoms with Crippen molar-refractivity contribution >= 4 is 22.9 Å². The van der Waals surface area contributed by atoms with E-state index in [-0.39, 0.29) is 11.7 Å². The third-order valence-electron chi connectivity index (χ3n) is 3.99. The number of aryl methyl sites for hydroxylation is 2. The van der Waals surface area contributed by atoms with E-state index in [0.29, 0.717) is 5.69 Å². The molecule has 0 atom stereocenters. The van der Waals surface area contributed by atoms with Gasteiger partial charge in [-0.15, -0.1) is 11.3 Å². The number of amides is 1. The number of nitrogens with one attached hydrogen (secondary N) is 1. The van der Waals surface area contributed by atoms with E-state index in [4.69, 9.17) is 4.52 Å². The molecule has 134 valence electrons.